The van der Waals surface area contributed by atoms with Crippen molar-refractivity contribution in [1.82, 2.24) is 0 Å². The molecule has 0 aliphatic rings. The molecule has 0 aliphatic carbocycles. The first kappa shape index (κ1) is 12.0. The van der Waals surface area contributed by atoms with Crippen LogP contribution in [0.25, 0.3) is 0 Å². The summed E-state index contributed by atoms with van der Waals surface area (Å²) in [5, 5.41) is 7.02. The van der Waals surface area contributed by atoms with E-state index in [1.165, 1.54) is 12.1 Å². The minimum Gasteiger partial charge on any atom is -0.381 e. The summed E-state index contributed by atoms with van der Waals surface area (Å²) in [6.07, 6.45) is -4.27. The lowest BCUT2D eigenvalue weighted by Gasteiger charge is -2.08. The third kappa shape index (κ3) is 3.23. The van der Waals surface area contributed by atoms with E-state index in [1.54, 1.807) is 11.3 Å². The molecule has 0 spiro atoms. The molecule has 0 fully saturated rings. The van der Waals surface area contributed by atoms with Crippen molar-refractivity contribution in [2.24, 2.45) is 0 Å². The van der Waals surface area contributed by atoms with Crippen molar-refractivity contribution in [2.45, 2.75) is 12.7 Å². The van der Waals surface area contributed by atoms with Gasteiger partial charge < -0.3 is 5.32 Å². The van der Waals surface area contributed by atoms with Gasteiger partial charge in [-0.2, -0.15) is 24.5 Å². The Morgan fingerprint density at radius 2 is 1.76 bits per heavy atom. The maximum atomic E-state index is 12.3. The van der Waals surface area contributed by atoms with E-state index in [-0.39, 0.29) is 0 Å². The fourth-order valence-electron chi connectivity index (χ4n) is 1.37. The van der Waals surface area contributed by atoms with Gasteiger partial charge in [-0.1, -0.05) is 0 Å². The summed E-state index contributed by atoms with van der Waals surface area (Å²) in [5.41, 5.74) is 1.18. The van der Waals surface area contributed by atoms with E-state index in [0.717, 1.165) is 17.7 Å². The molecule has 0 saturated carbocycles. The first-order valence-electron chi connectivity index (χ1n) is 4.98. The largest absolute Gasteiger partial charge is 0.416 e. The minimum atomic E-state index is -4.27. The summed E-state index contributed by atoms with van der Waals surface area (Å²) >= 11 is 1.59. The van der Waals surface area contributed by atoms with Gasteiger partial charge in [-0.3, -0.25) is 0 Å². The van der Waals surface area contributed by atoms with Crippen LogP contribution in [0.15, 0.2) is 41.1 Å². The summed E-state index contributed by atoms with van der Waals surface area (Å²) in [6.45, 7) is 0.620. The minimum absolute atomic E-state index is 0.620. The van der Waals surface area contributed by atoms with Crippen LogP contribution in [0.2, 0.25) is 0 Å². The fourth-order valence-corrected chi connectivity index (χ4v) is 2.04. The Morgan fingerprint density at radius 3 is 2.29 bits per heavy atom. The van der Waals surface area contributed by atoms with E-state index >= 15 is 0 Å². The topological polar surface area (TPSA) is 12.0 Å². The third-order valence-electron chi connectivity index (χ3n) is 2.29. The van der Waals surface area contributed by atoms with Crippen LogP contribution < -0.4 is 5.32 Å². The van der Waals surface area contributed by atoms with Crippen molar-refractivity contribution in [1.29, 1.82) is 0 Å². The molecule has 1 aromatic heterocycles. The lowest BCUT2D eigenvalue weighted by molar-refractivity contribution is -0.137. The highest BCUT2D eigenvalue weighted by atomic mass is 32.1. The number of nitrogens with one attached hydrogen (secondary N) is 1. The van der Waals surface area contributed by atoms with Crippen LogP contribution in [0.3, 0.4) is 0 Å². The van der Waals surface area contributed by atoms with E-state index in [4.69, 9.17) is 0 Å². The molecule has 1 heterocycles. The standard InChI is InChI=1S/C12H10F3NS/c13-12(14,15)10-1-3-11(4-2-10)16-7-9-5-6-17-8-9/h1-6,8,16H,7H2. The Balaban J connectivity index is 1.99. The molecule has 2 rings (SSSR count). The molecular weight excluding hydrogens is 247 g/mol. The summed E-state index contributed by atoms with van der Waals surface area (Å²) in [5.74, 6) is 0. The van der Waals surface area contributed by atoms with Gasteiger partial charge in [0.15, 0.2) is 0 Å². The molecule has 0 saturated heterocycles. The second-order valence-electron chi connectivity index (χ2n) is 3.56. The number of anilines is 1. The van der Waals surface area contributed by atoms with Crippen LogP contribution >= 0.6 is 11.3 Å². The number of alkyl halides is 3. The van der Waals surface area contributed by atoms with Crippen molar-refractivity contribution >= 4 is 17.0 Å². The Kier molecular flexibility index (Phi) is 3.38. The van der Waals surface area contributed by atoms with Crippen LogP contribution in [-0.2, 0) is 12.7 Å². The number of thiophene rings is 1. The molecule has 5 heteroatoms. The van der Waals surface area contributed by atoms with Gasteiger partial charge >= 0.3 is 6.18 Å². The molecule has 0 atom stereocenters. The molecule has 1 N–H and O–H groups in total. The second kappa shape index (κ2) is 4.79. The van der Waals surface area contributed by atoms with E-state index in [2.05, 4.69) is 5.32 Å². The zero-order valence-corrected chi connectivity index (χ0v) is 9.61. The smallest absolute Gasteiger partial charge is 0.381 e. The predicted octanol–water partition coefficient (Wildman–Crippen LogP) is 4.38. The van der Waals surface area contributed by atoms with Crippen LogP contribution in [0.1, 0.15) is 11.1 Å². The quantitative estimate of drug-likeness (QED) is 0.860. The Bertz CT molecular complexity index is 459. The number of hydrogen-bond acceptors (Lipinski definition) is 2. The van der Waals surface area contributed by atoms with Gasteiger partial charge in [0.25, 0.3) is 0 Å². The number of hydrogen-bond donors (Lipinski definition) is 1. The molecule has 0 aliphatic heterocycles. The van der Waals surface area contributed by atoms with Crippen molar-refractivity contribution in [2.75, 3.05) is 5.32 Å². The molecule has 0 unspecified atom stereocenters. The molecule has 1 aromatic carbocycles. The van der Waals surface area contributed by atoms with Crippen LogP contribution in [0.4, 0.5) is 18.9 Å². The first-order valence-corrected chi connectivity index (χ1v) is 5.92. The predicted molar refractivity (Wildman–Crippen MR) is 63.1 cm³/mol. The molecule has 2 aromatic rings. The summed E-state index contributed by atoms with van der Waals surface area (Å²) in [7, 11) is 0. The highest BCUT2D eigenvalue weighted by Crippen LogP contribution is 2.29. The van der Waals surface area contributed by atoms with Gasteiger partial charge in [0.05, 0.1) is 5.56 Å². The maximum Gasteiger partial charge on any atom is 0.416 e. The monoisotopic (exact) mass is 257 g/mol. The van der Waals surface area contributed by atoms with Gasteiger partial charge in [-0.15, -0.1) is 0 Å². The van der Waals surface area contributed by atoms with Gasteiger partial charge in [-0.25, -0.2) is 0 Å². The molecule has 0 bridgehead atoms. The molecule has 90 valence electrons. The molecule has 17 heavy (non-hydrogen) atoms. The number of halogens is 3. The van der Waals surface area contributed by atoms with Crippen molar-refractivity contribution < 1.29 is 13.2 Å². The van der Waals surface area contributed by atoms with Crippen LogP contribution in [0, 0.1) is 0 Å². The highest BCUT2D eigenvalue weighted by Gasteiger charge is 2.29. The first-order chi connectivity index (χ1) is 8.05. The molecule has 1 nitrogen and oxygen atoms in total. The van der Waals surface area contributed by atoms with E-state index < -0.39 is 11.7 Å². The van der Waals surface area contributed by atoms with E-state index in [0.29, 0.717) is 12.2 Å². The summed E-state index contributed by atoms with van der Waals surface area (Å²) < 4.78 is 36.9. The number of benzene rings is 1. The second-order valence-corrected chi connectivity index (χ2v) is 4.34. The van der Waals surface area contributed by atoms with Gasteiger partial charge in [0.2, 0.25) is 0 Å². The van der Waals surface area contributed by atoms with Crippen molar-refractivity contribution in [3.8, 4) is 0 Å². The fraction of sp³-hybridized carbons (Fsp3) is 0.167. The lowest BCUT2D eigenvalue weighted by Crippen LogP contribution is -2.05. The van der Waals surface area contributed by atoms with Crippen LogP contribution in [0.5, 0.6) is 0 Å². The third-order valence-corrected chi connectivity index (χ3v) is 3.02. The van der Waals surface area contributed by atoms with Crippen molar-refractivity contribution in [3.05, 3.63) is 52.2 Å². The average molecular weight is 257 g/mol. The van der Waals surface area contributed by atoms with Crippen molar-refractivity contribution in [3.63, 3.8) is 0 Å². The normalized spacial score (nSPS) is 11.5. The zero-order chi connectivity index (χ0) is 12.3. The maximum absolute atomic E-state index is 12.3. The molecule has 0 amide bonds. The Labute approximate surface area is 101 Å². The lowest BCUT2D eigenvalue weighted by atomic mass is 10.2. The van der Waals surface area contributed by atoms with Gasteiger partial charge in [-0.05, 0) is 46.7 Å². The molecule has 0 radical (unpaired) electrons. The Hall–Kier alpha value is -1.49. The zero-order valence-electron chi connectivity index (χ0n) is 8.79. The summed E-state index contributed by atoms with van der Waals surface area (Å²) in [4.78, 5) is 0. The molecular formula is C12H10F3NS. The number of rotatable bonds is 3. The van der Waals surface area contributed by atoms with Gasteiger partial charge in [0.1, 0.15) is 0 Å². The van der Waals surface area contributed by atoms with E-state index in [1.807, 2.05) is 16.8 Å². The van der Waals surface area contributed by atoms with Crippen LogP contribution in [-0.4, -0.2) is 0 Å². The Morgan fingerprint density at radius 1 is 1.06 bits per heavy atom. The average Bonchev–Trinajstić information content (AvgIpc) is 2.78. The summed E-state index contributed by atoms with van der Waals surface area (Å²) in [6, 6.07) is 7.01. The van der Waals surface area contributed by atoms with Gasteiger partial charge in [0, 0.05) is 12.2 Å². The highest BCUT2D eigenvalue weighted by molar-refractivity contribution is 7.07. The van der Waals surface area contributed by atoms with E-state index in [9.17, 15) is 13.2 Å². The SMILES string of the molecule is FC(F)(F)c1ccc(NCc2ccsc2)cc1.